The highest BCUT2D eigenvalue weighted by Crippen LogP contribution is 2.54. The van der Waals surface area contributed by atoms with Gasteiger partial charge in [-0.05, 0) is 69.4 Å². The Morgan fingerprint density at radius 2 is 1.19 bits per heavy atom. The molecule has 0 aliphatic rings. The summed E-state index contributed by atoms with van der Waals surface area (Å²) in [5.74, 6) is 0. The topological polar surface area (TPSA) is 71.1 Å². The summed E-state index contributed by atoms with van der Waals surface area (Å²) in [6.45, 7) is 12.5. The SMILES string of the molecule is CCOP(=O)(Cc1ccc(CP(=O)(OCC)OCC)c(-c2cc(C)ccc2C)c1)OCC. The zero-order valence-electron chi connectivity index (χ0n) is 20.1. The second-order valence-electron chi connectivity index (χ2n) is 7.52. The normalized spacial score (nSPS) is 12.3. The molecule has 178 valence electrons. The minimum Gasteiger partial charge on any atom is -0.309 e. The van der Waals surface area contributed by atoms with E-state index in [0.29, 0.717) is 26.4 Å². The van der Waals surface area contributed by atoms with Crippen molar-refractivity contribution in [2.24, 2.45) is 0 Å². The lowest BCUT2D eigenvalue weighted by atomic mass is 9.94. The van der Waals surface area contributed by atoms with Crippen LogP contribution in [0, 0.1) is 13.8 Å². The third-order valence-electron chi connectivity index (χ3n) is 4.90. The molecule has 0 aliphatic carbocycles. The predicted octanol–water partition coefficient (Wildman–Crippen LogP) is 7.50. The molecule has 0 amide bonds. The Bertz CT molecular complexity index is 968. The van der Waals surface area contributed by atoms with Gasteiger partial charge >= 0.3 is 15.2 Å². The summed E-state index contributed by atoms with van der Waals surface area (Å²) < 4.78 is 48.4. The van der Waals surface area contributed by atoms with Crippen molar-refractivity contribution in [3.63, 3.8) is 0 Å². The van der Waals surface area contributed by atoms with Gasteiger partial charge in [0.05, 0.1) is 38.8 Å². The zero-order chi connectivity index (χ0) is 23.8. The largest absolute Gasteiger partial charge is 0.335 e. The summed E-state index contributed by atoms with van der Waals surface area (Å²) in [6.07, 6.45) is 0.327. The number of hydrogen-bond donors (Lipinski definition) is 0. The van der Waals surface area contributed by atoms with Gasteiger partial charge in [-0.1, -0.05) is 42.0 Å². The van der Waals surface area contributed by atoms with Gasteiger partial charge < -0.3 is 18.1 Å². The highest BCUT2D eigenvalue weighted by Gasteiger charge is 2.28. The Morgan fingerprint density at radius 3 is 1.72 bits per heavy atom. The van der Waals surface area contributed by atoms with Crippen LogP contribution in [0.4, 0.5) is 0 Å². The molecular weight excluding hydrogens is 446 g/mol. The molecular formula is C24H36O6P2. The molecule has 0 spiro atoms. The van der Waals surface area contributed by atoms with E-state index >= 15 is 0 Å². The van der Waals surface area contributed by atoms with Crippen LogP contribution >= 0.6 is 15.2 Å². The van der Waals surface area contributed by atoms with Crippen LogP contribution in [-0.4, -0.2) is 26.4 Å². The average Bonchev–Trinajstić information content (AvgIpc) is 2.71. The van der Waals surface area contributed by atoms with E-state index in [1.54, 1.807) is 27.7 Å². The first-order valence-electron chi connectivity index (χ1n) is 11.1. The van der Waals surface area contributed by atoms with Crippen molar-refractivity contribution in [1.29, 1.82) is 0 Å². The van der Waals surface area contributed by atoms with Crippen LogP contribution in [0.3, 0.4) is 0 Å². The molecule has 0 saturated heterocycles. The predicted molar refractivity (Wildman–Crippen MR) is 130 cm³/mol. The van der Waals surface area contributed by atoms with Crippen LogP contribution in [-0.2, 0) is 39.5 Å². The molecule has 0 bridgehead atoms. The van der Waals surface area contributed by atoms with E-state index < -0.39 is 15.2 Å². The molecule has 0 atom stereocenters. The second-order valence-corrected chi connectivity index (χ2v) is 11.6. The first-order valence-corrected chi connectivity index (χ1v) is 14.6. The molecule has 8 heteroatoms. The van der Waals surface area contributed by atoms with Gasteiger partial charge in [-0.15, -0.1) is 0 Å². The van der Waals surface area contributed by atoms with Gasteiger partial charge in [0.15, 0.2) is 0 Å². The quantitative estimate of drug-likeness (QED) is 0.275. The fourth-order valence-electron chi connectivity index (χ4n) is 3.61. The van der Waals surface area contributed by atoms with Crippen molar-refractivity contribution < 1.29 is 27.2 Å². The van der Waals surface area contributed by atoms with Crippen molar-refractivity contribution in [2.75, 3.05) is 26.4 Å². The minimum atomic E-state index is -3.30. The van der Waals surface area contributed by atoms with Gasteiger partial charge in [0, 0.05) is 0 Å². The van der Waals surface area contributed by atoms with Crippen LogP contribution in [0.25, 0.3) is 11.1 Å². The molecule has 0 unspecified atom stereocenters. The van der Waals surface area contributed by atoms with Crippen LogP contribution in [0.1, 0.15) is 49.9 Å². The third-order valence-corrected chi connectivity index (χ3v) is 8.99. The van der Waals surface area contributed by atoms with E-state index in [9.17, 15) is 9.13 Å². The van der Waals surface area contributed by atoms with Gasteiger partial charge in [-0.3, -0.25) is 9.13 Å². The van der Waals surface area contributed by atoms with Gasteiger partial charge in [-0.2, -0.15) is 0 Å². The maximum atomic E-state index is 13.3. The number of aryl methyl sites for hydroxylation is 2. The summed E-state index contributed by atoms with van der Waals surface area (Å²) in [4.78, 5) is 0. The van der Waals surface area contributed by atoms with E-state index in [4.69, 9.17) is 18.1 Å². The monoisotopic (exact) mass is 482 g/mol. The number of rotatable bonds is 13. The molecule has 0 radical (unpaired) electrons. The molecule has 0 aliphatic heterocycles. The average molecular weight is 482 g/mol. The van der Waals surface area contributed by atoms with Gasteiger partial charge in [0.2, 0.25) is 0 Å². The summed E-state index contributed by atoms with van der Waals surface area (Å²) >= 11 is 0. The lowest BCUT2D eigenvalue weighted by Crippen LogP contribution is -2.03. The van der Waals surface area contributed by atoms with Crippen LogP contribution in [0.15, 0.2) is 36.4 Å². The van der Waals surface area contributed by atoms with Crippen molar-refractivity contribution >= 4 is 15.2 Å². The highest BCUT2D eigenvalue weighted by atomic mass is 31.2. The van der Waals surface area contributed by atoms with E-state index in [-0.39, 0.29) is 12.3 Å². The molecule has 2 aromatic carbocycles. The molecule has 2 aromatic rings. The van der Waals surface area contributed by atoms with E-state index in [1.807, 2.05) is 32.0 Å². The maximum absolute atomic E-state index is 13.3. The van der Waals surface area contributed by atoms with E-state index in [1.165, 1.54) is 0 Å². The number of benzene rings is 2. The van der Waals surface area contributed by atoms with E-state index in [0.717, 1.165) is 33.4 Å². The first kappa shape index (κ1) is 27.0. The van der Waals surface area contributed by atoms with E-state index in [2.05, 4.69) is 18.2 Å². The third kappa shape index (κ3) is 7.38. The molecule has 2 rings (SSSR count). The van der Waals surface area contributed by atoms with Gasteiger partial charge in [0.25, 0.3) is 0 Å². The molecule has 0 saturated carbocycles. The molecule has 0 heterocycles. The molecule has 0 aromatic heterocycles. The Hall–Kier alpha value is -1.26. The Balaban J connectivity index is 2.58. The van der Waals surface area contributed by atoms with Crippen molar-refractivity contribution in [3.8, 4) is 11.1 Å². The number of hydrogen-bond acceptors (Lipinski definition) is 6. The smallest absolute Gasteiger partial charge is 0.309 e. The molecule has 32 heavy (non-hydrogen) atoms. The molecule has 0 N–H and O–H groups in total. The lowest BCUT2D eigenvalue weighted by molar-refractivity contribution is 0.218. The van der Waals surface area contributed by atoms with Crippen LogP contribution in [0.2, 0.25) is 0 Å². The Kier molecular flexibility index (Phi) is 10.4. The Morgan fingerprint density at radius 1 is 0.656 bits per heavy atom. The van der Waals surface area contributed by atoms with Crippen molar-refractivity contribution in [1.82, 2.24) is 0 Å². The van der Waals surface area contributed by atoms with Gasteiger partial charge in [0.1, 0.15) is 0 Å². The van der Waals surface area contributed by atoms with Crippen LogP contribution < -0.4 is 0 Å². The van der Waals surface area contributed by atoms with Crippen molar-refractivity contribution in [3.05, 3.63) is 58.7 Å². The zero-order valence-corrected chi connectivity index (χ0v) is 21.8. The Labute approximate surface area is 192 Å². The summed E-state index contributed by atoms with van der Waals surface area (Å²) in [5, 5.41) is 0. The second kappa shape index (κ2) is 12.3. The maximum Gasteiger partial charge on any atom is 0.335 e. The molecule has 6 nitrogen and oxygen atoms in total. The standard InChI is InChI=1S/C24H36O6P2/c1-7-27-31(25,28-8-2)17-21-13-14-22(18-32(26,29-9-3)30-10-4)24(16-21)23-15-19(5)11-12-20(23)6/h11-16H,7-10,17-18H2,1-6H3. The first-order chi connectivity index (χ1) is 15.2. The summed E-state index contributed by atoms with van der Waals surface area (Å²) in [7, 11) is -6.55. The van der Waals surface area contributed by atoms with Gasteiger partial charge in [-0.25, -0.2) is 0 Å². The minimum absolute atomic E-state index is 0.159. The highest BCUT2D eigenvalue weighted by molar-refractivity contribution is 7.53. The fourth-order valence-corrected chi connectivity index (χ4v) is 7.04. The summed E-state index contributed by atoms with van der Waals surface area (Å²) in [6, 6.07) is 12.0. The lowest BCUT2D eigenvalue weighted by Gasteiger charge is -2.21. The van der Waals surface area contributed by atoms with Crippen molar-refractivity contribution in [2.45, 2.75) is 53.9 Å². The fraction of sp³-hybridized carbons (Fsp3) is 0.500. The summed E-state index contributed by atoms with van der Waals surface area (Å²) in [5.41, 5.74) is 5.85. The molecule has 0 fully saturated rings. The van der Waals surface area contributed by atoms with Crippen LogP contribution in [0.5, 0.6) is 0 Å².